The molecule has 5 heteroatoms. The minimum atomic E-state index is -0.270. The van der Waals surface area contributed by atoms with E-state index in [1.165, 1.54) is 50.9 Å². The second-order valence-corrected chi connectivity index (χ2v) is 8.39. The highest BCUT2D eigenvalue weighted by molar-refractivity contribution is 6.09. The third kappa shape index (κ3) is 5.28. The molecule has 1 aromatic heterocycles. The summed E-state index contributed by atoms with van der Waals surface area (Å²) in [5.41, 5.74) is 3.98. The predicted molar refractivity (Wildman–Crippen MR) is 124 cm³/mol. The number of carbonyl (C=O) groups excluding carboxylic acids is 1. The topological polar surface area (TPSA) is 45.2 Å². The molecule has 4 nitrogen and oxygen atoms in total. The molecular formula is C26H30FN3O. The van der Waals surface area contributed by atoms with Crippen molar-refractivity contribution in [3.8, 4) is 11.1 Å². The van der Waals surface area contributed by atoms with Crippen LogP contribution in [0.25, 0.3) is 22.0 Å². The molecule has 2 heterocycles. The van der Waals surface area contributed by atoms with Crippen LogP contribution in [0.15, 0.2) is 48.5 Å². The standard InChI is InChI=1S/C26H30FN3O/c1-19-18-24(26(31)28-14-7-17-30-15-4-2-3-5-16-30)23-9-6-8-22(25(23)29-19)20-10-12-21(27)13-11-20/h6,8-13,18H,2-5,7,14-17H2,1H3,(H,28,31). The second-order valence-electron chi connectivity index (χ2n) is 8.39. The van der Waals surface area contributed by atoms with E-state index in [0.717, 1.165) is 40.7 Å². The molecule has 1 amide bonds. The smallest absolute Gasteiger partial charge is 0.252 e. The second kappa shape index (κ2) is 10.0. The number of amides is 1. The van der Waals surface area contributed by atoms with Gasteiger partial charge in [-0.25, -0.2) is 4.39 Å². The maximum atomic E-state index is 13.4. The van der Waals surface area contributed by atoms with Crippen molar-refractivity contribution in [3.63, 3.8) is 0 Å². The summed E-state index contributed by atoms with van der Waals surface area (Å²) >= 11 is 0. The zero-order valence-electron chi connectivity index (χ0n) is 18.2. The average molecular weight is 420 g/mol. The molecule has 4 rings (SSSR count). The molecule has 0 radical (unpaired) electrons. The quantitative estimate of drug-likeness (QED) is 0.548. The highest BCUT2D eigenvalue weighted by Gasteiger charge is 2.15. The lowest BCUT2D eigenvalue weighted by Crippen LogP contribution is -2.30. The first kappa shape index (κ1) is 21.4. The van der Waals surface area contributed by atoms with Crippen LogP contribution >= 0.6 is 0 Å². The van der Waals surface area contributed by atoms with Gasteiger partial charge in [-0.05, 0) is 69.6 Å². The molecule has 1 aliphatic rings. The molecular weight excluding hydrogens is 389 g/mol. The first-order chi connectivity index (χ1) is 15.1. The summed E-state index contributed by atoms with van der Waals surface area (Å²) in [4.78, 5) is 20.2. The van der Waals surface area contributed by atoms with Gasteiger partial charge in [0.15, 0.2) is 0 Å². The van der Waals surface area contributed by atoms with Crippen molar-refractivity contribution >= 4 is 16.8 Å². The number of carbonyl (C=O) groups is 1. The van der Waals surface area contributed by atoms with Crippen LogP contribution in [0.4, 0.5) is 4.39 Å². The van der Waals surface area contributed by atoms with Gasteiger partial charge < -0.3 is 10.2 Å². The van der Waals surface area contributed by atoms with Crippen molar-refractivity contribution in [1.29, 1.82) is 0 Å². The highest BCUT2D eigenvalue weighted by atomic mass is 19.1. The van der Waals surface area contributed by atoms with Gasteiger partial charge >= 0.3 is 0 Å². The Morgan fingerprint density at radius 1 is 1.06 bits per heavy atom. The third-order valence-corrected chi connectivity index (χ3v) is 6.00. The Kier molecular flexibility index (Phi) is 6.92. The predicted octanol–water partition coefficient (Wildman–Crippen LogP) is 5.35. The summed E-state index contributed by atoms with van der Waals surface area (Å²) in [6.07, 6.45) is 6.19. The molecule has 0 aliphatic carbocycles. The van der Waals surface area contributed by atoms with Crippen molar-refractivity contribution in [2.45, 2.75) is 39.0 Å². The van der Waals surface area contributed by atoms with Gasteiger partial charge in [-0.15, -0.1) is 0 Å². The maximum absolute atomic E-state index is 13.4. The van der Waals surface area contributed by atoms with E-state index in [4.69, 9.17) is 4.98 Å². The summed E-state index contributed by atoms with van der Waals surface area (Å²) in [7, 11) is 0. The van der Waals surface area contributed by atoms with Crippen LogP contribution < -0.4 is 5.32 Å². The van der Waals surface area contributed by atoms with E-state index in [9.17, 15) is 9.18 Å². The van der Waals surface area contributed by atoms with Crippen LogP contribution in [-0.4, -0.2) is 42.0 Å². The lowest BCUT2D eigenvalue weighted by atomic mass is 9.98. The number of hydrogen-bond donors (Lipinski definition) is 1. The first-order valence-corrected chi connectivity index (χ1v) is 11.3. The summed E-state index contributed by atoms with van der Waals surface area (Å²) in [5.74, 6) is -0.337. The number of fused-ring (bicyclic) bond motifs is 1. The summed E-state index contributed by atoms with van der Waals surface area (Å²) in [5, 5.41) is 3.91. The Morgan fingerprint density at radius 3 is 2.55 bits per heavy atom. The number of rotatable bonds is 6. The molecule has 1 aliphatic heterocycles. The average Bonchev–Trinajstić information content (AvgIpc) is 3.05. The number of likely N-dealkylation sites (tertiary alicyclic amines) is 1. The number of hydrogen-bond acceptors (Lipinski definition) is 3. The van der Waals surface area contributed by atoms with E-state index >= 15 is 0 Å². The number of aromatic nitrogens is 1. The molecule has 31 heavy (non-hydrogen) atoms. The summed E-state index contributed by atoms with van der Waals surface area (Å²) in [6.45, 7) is 5.94. The maximum Gasteiger partial charge on any atom is 0.252 e. The molecule has 0 saturated carbocycles. The van der Waals surface area contributed by atoms with Gasteiger partial charge in [0.05, 0.1) is 11.1 Å². The molecule has 3 aromatic rings. The molecule has 1 N–H and O–H groups in total. The number of pyridine rings is 1. The summed E-state index contributed by atoms with van der Waals surface area (Å²) in [6, 6.07) is 14.1. The zero-order valence-corrected chi connectivity index (χ0v) is 18.2. The van der Waals surface area contributed by atoms with Gasteiger partial charge in [0.1, 0.15) is 5.82 Å². The molecule has 1 fully saturated rings. The van der Waals surface area contributed by atoms with Crippen LogP contribution in [-0.2, 0) is 0 Å². The molecule has 162 valence electrons. The number of nitrogens with zero attached hydrogens (tertiary/aromatic N) is 2. The van der Waals surface area contributed by atoms with Crippen molar-refractivity contribution in [2.24, 2.45) is 0 Å². The van der Waals surface area contributed by atoms with Crippen LogP contribution in [0.3, 0.4) is 0 Å². The van der Waals surface area contributed by atoms with Crippen molar-refractivity contribution in [1.82, 2.24) is 15.2 Å². The monoisotopic (exact) mass is 419 g/mol. The lowest BCUT2D eigenvalue weighted by Gasteiger charge is -2.19. The Balaban J connectivity index is 1.50. The zero-order chi connectivity index (χ0) is 21.6. The normalized spacial score (nSPS) is 15.0. The molecule has 0 unspecified atom stereocenters. The Labute approximate surface area is 183 Å². The Morgan fingerprint density at radius 2 is 1.81 bits per heavy atom. The van der Waals surface area contributed by atoms with E-state index in [0.29, 0.717) is 12.1 Å². The lowest BCUT2D eigenvalue weighted by molar-refractivity contribution is 0.0953. The third-order valence-electron chi connectivity index (χ3n) is 6.00. The van der Waals surface area contributed by atoms with Crippen LogP contribution in [0, 0.1) is 12.7 Å². The highest BCUT2D eigenvalue weighted by Crippen LogP contribution is 2.29. The van der Waals surface area contributed by atoms with Crippen LogP contribution in [0.2, 0.25) is 0 Å². The SMILES string of the molecule is Cc1cc(C(=O)NCCCN2CCCCCC2)c2cccc(-c3ccc(F)cc3)c2n1. The van der Waals surface area contributed by atoms with E-state index in [2.05, 4.69) is 10.2 Å². The van der Waals surface area contributed by atoms with Crippen molar-refractivity contribution < 1.29 is 9.18 Å². The van der Waals surface area contributed by atoms with E-state index in [1.54, 1.807) is 12.1 Å². The van der Waals surface area contributed by atoms with Gasteiger partial charge in [-0.2, -0.15) is 0 Å². The first-order valence-electron chi connectivity index (χ1n) is 11.3. The fraction of sp³-hybridized carbons (Fsp3) is 0.385. The molecule has 0 atom stereocenters. The van der Waals surface area contributed by atoms with E-state index in [-0.39, 0.29) is 11.7 Å². The van der Waals surface area contributed by atoms with E-state index in [1.807, 2.05) is 31.2 Å². The number of benzene rings is 2. The largest absolute Gasteiger partial charge is 0.352 e. The Bertz CT molecular complexity index is 1040. The number of nitrogens with one attached hydrogen (secondary N) is 1. The molecule has 0 bridgehead atoms. The minimum Gasteiger partial charge on any atom is -0.352 e. The van der Waals surface area contributed by atoms with Crippen LogP contribution in [0.5, 0.6) is 0 Å². The van der Waals surface area contributed by atoms with Gasteiger partial charge in [0.2, 0.25) is 0 Å². The van der Waals surface area contributed by atoms with Gasteiger partial charge in [-0.1, -0.05) is 43.2 Å². The number of para-hydroxylation sites is 1. The van der Waals surface area contributed by atoms with Crippen LogP contribution in [0.1, 0.15) is 48.2 Å². The fourth-order valence-electron chi connectivity index (χ4n) is 4.39. The van der Waals surface area contributed by atoms with Gasteiger partial charge in [0, 0.05) is 23.2 Å². The summed E-state index contributed by atoms with van der Waals surface area (Å²) < 4.78 is 13.4. The molecule has 0 spiro atoms. The van der Waals surface area contributed by atoms with Gasteiger partial charge in [0.25, 0.3) is 5.91 Å². The van der Waals surface area contributed by atoms with E-state index < -0.39 is 0 Å². The molecule has 2 aromatic carbocycles. The molecule has 1 saturated heterocycles. The van der Waals surface area contributed by atoms with Crippen molar-refractivity contribution in [2.75, 3.05) is 26.2 Å². The minimum absolute atomic E-state index is 0.0670. The van der Waals surface area contributed by atoms with Gasteiger partial charge in [-0.3, -0.25) is 9.78 Å². The Hall–Kier alpha value is -2.79. The van der Waals surface area contributed by atoms with Crippen molar-refractivity contribution in [3.05, 3.63) is 65.6 Å². The number of aryl methyl sites for hydroxylation is 1. The number of halogens is 1. The fourth-order valence-corrected chi connectivity index (χ4v) is 4.39.